The van der Waals surface area contributed by atoms with Crippen molar-refractivity contribution in [1.82, 2.24) is 20.4 Å². The molecule has 1 aliphatic carbocycles. The average molecular weight is 342 g/mol. The summed E-state index contributed by atoms with van der Waals surface area (Å²) in [5.74, 6) is 0.998. The van der Waals surface area contributed by atoms with E-state index in [0.717, 1.165) is 18.4 Å². The van der Waals surface area contributed by atoms with E-state index in [1.54, 1.807) is 4.90 Å². The van der Waals surface area contributed by atoms with Crippen molar-refractivity contribution in [2.45, 2.75) is 64.6 Å². The van der Waals surface area contributed by atoms with Crippen molar-refractivity contribution in [2.75, 3.05) is 0 Å². The lowest BCUT2D eigenvalue weighted by molar-refractivity contribution is 0.163. The first-order valence-electron chi connectivity index (χ1n) is 9.08. The van der Waals surface area contributed by atoms with Gasteiger partial charge in [-0.1, -0.05) is 54.8 Å². The van der Waals surface area contributed by atoms with Gasteiger partial charge in [0.25, 0.3) is 0 Å². The molecule has 0 unspecified atom stereocenters. The molecule has 0 atom stereocenters. The number of hydrogen-bond acceptors (Lipinski definition) is 4. The predicted molar refractivity (Wildman–Crippen MR) is 95.8 cm³/mol. The van der Waals surface area contributed by atoms with Gasteiger partial charge in [0.2, 0.25) is 11.7 Å². The minimum atomic E-state index is -0.0543. The van der Waals surface area contributed by atoms with Gasteiger partial charge in [0.15, 0.2) is 0 Å². The lowest BCUT2D eigenvalue weighted by Gasteiger charge is -2.29. The van der Waals surface area contributed by atoms with Crippen LogP contribution in [0.15, 0.2) is 34.9 Å². The first kappa shape index (κ1) is 17.5. The SMILES string of the molecule is CC(C)N(Cc1nc(-c2ccccc2)no1)C(=O)NC1CCCCC1. The van der Waals surface area contributed by atoms with Crippen molar-refractivity contribution >= 4 is 6.03 Å². The Morgan fingerprint density at radius 1 is 1.24 bits per heavy atom. The van der Waals surface area contributed by atoms with Crippen LogP contribution >= 0.6 is 0 Å². The fraction of sp³-hybridized carbons (Fsp3) is 0.526. The third kappa shape index (κ3) is 4.59. The summed E-state index contributed by atoms with van der Waals surface area (Å²) in [4.78, 5) is 18.8. The van der Waals surface area contributed by atoms with E-state index in [2.05, 4.69) is 15.5 Å². The zero-order valence-electron chi connectivity index (χ0n) is 14.9. The molecule has 0 spiro atoms. The molecule has 2 aromatic rings. The van der Waals surface area contributed by atoms with Gasteiger partial charge in [0.05, 0.1) is 0 Å². The highest BCUT2D eigenvalue weighted by Gasteiger charge is 2.24. The number of carbonyl (C=O) groups is 1. The summed E-state index contributed by atoms with van der Waals surface area (Å²) in [5.41, 5.74) is 0.903. The summed E-state index contributed by atoms with van der Waals surface area (Å²) in [7, 11) is 0. The molecular weight excluding hydrogens is 316 g/mol. The molecule has 6 heteroatoms. The number of nitrogens with zero attached hydrogens (tertiary/aromatic N) is 3. The van der Waals surface area contributed by atoms with Gasteiger partial charge in [-0.25, -0.2) is 4.79 Å². The smallest absolute Gasteiger partial charge is 0.318 e. The van der Waals surface area contributed by atoms with Crippen molar-refractivity contribution in [3.05, 3.63) is 36.2 Å². The van der Waals surface area contributed by atoms with Gasteiger partial charge < -0.3 is 14.7 Å². The molecular formula is C19H26N4O2. The van der Waals surface area contributed by atoms with Crippen LogP contribution in [0.1, 0.15) is 51.8 Å². The van der Waals surface area contributed by atoms with Crippen LogP contribution in [0.2, 0.25) is 0 Å². The van der Waals surface area contributed by atoms with Crippen molar-refractivity contribution < 1.29 is 9.32 Å². The second kappa shape index (κ2) is 8.14. The fourth-order valence-electron chi connectivity index (χ4n) is 3.16. The maximum Gasteiger partial charge on any atom is 0.318 e. The summed E-state index contributed by atoms with van der Waals surface area (Å²) in [5, 5.41) is 7.19. The topological polar surface area (TPSA) is 71.3 Å². The molecule has 0 saturated heterocycles. The van der Waals surface area contributed by atoms with E-state index in [-0.39, 0.29) is 18.1 Å². The van der Waals surface area contributed by atoms with Gasteiger partial charge >= 0.3 is 6.03 Å². The fourth-order valence-corrected chi connectivity index (χ4v) is 3.16. The molecule has 25 heavy (non-hydrogen) atoms. The van der Waals surface area contributed by atoms with E-state index in [1.165, 1.54) is 19.3 Å². The van der Waals surface area contributed by atoms with Gasteiger partial charge in [-0.2, -0.15) is 4.98 Å². The Morgan fingerprint density at radius 2 is 1.96 bits per heavy atom. The lowest BCUT2D eigenvalue weighted by atomic mass is 9.96. The first-order chi connectivity index (χ1) is 12.1. The second-order valence-electron chi connectivity index (χ2n) is 6.88. The first-order valence-corrected chi connectivity index (χ1v) is 9.08. The van der Waals surface area contributed by atoms with Crippen LogP contribution in [0.4, 0.5) is 4.79 Å². The molecule has 6 nitrogen and oxygen atoms in total. The molecule has 1 fully saturated rings. The maximum absolute atomic E-state index is 12.7. The highest BCUT2D eigenvalue weighted by Crippen LogP contribution is 2.19. The van der Waals surface area contributed by atoms with Gasteiger partial charge in [-0.15, -0.1) is 0 Å². The molecule has 2 amide bonds. The highest BCUT2D eigenvalue weighted by atomic mass is 16.5. The predicted octanol–water partition coefficient (Wildman–Crippen LogP) is 3.99. The number of amides is 2. The number of carbonyl (C=O) groups excluding carboxylic acids is 1. The minimum Gasteiger partial charge on any atom is -0.337 e. The minimum absolute atomic E-state index is 0.0515. The van der Waals surface area contributed by atoms with Crippen LogP contribution in [0.3, 0.4) is 0 Å². The van der Waals surface area contributed by atoms with Crippen LogP contribution < -0.4 is 5.32 Å². The molecule has 1 aromatic heterocycles. The number of hydrogen-bond donors (Lipinski definition) is 1. The standard InChI is InChI=1S/C19H26N4O2/c1-14(2)23(19(24)20-16-11-7-4-8-12-16)13-17-21-18(22-25-17)15-9-5-3-6-10-15/h3,5-6,9-10,14,16H,4,7-8,11-13H2,1-2H3,(H,20,24). The van der Waals surface area contributed by atoms with E-state index >= 15 is 0 Å². The Balaban J connectivity index is 1.65. The van der Waals surface area contributed by atoms with Gasteiger partial charge in [-0.3, -0.25) is 0 Å². The van der Waals surface area contributed by atoms with Crippen LogP contribution in [0, 0.1) is 0 Å². The van der Waals surface area contributed by atoms with Gasteiger partial charge in [0.1, 0.15) is 6.54 Å². The molecule has 1 aromatic carbocycles. The van der Waals surface area contributed by atoms with Gasteiger partial charge in [-0.05, 0) is 26.7 Å². The molecule has 1 saturated carbocycles. The Labute approximate surface area is 148 Å². The Morgan fingerprint density at radius 3 is 2.64 bits per heavy atom. The number of nitrogens with one attached hydrogen (secondary N) is 1. The second-order valence-corrected chi connectivity index (χ2v) is 6.88. The molecule has 0 bridgehead atoms. The summed E-state index contributed by atoms with van der Waals surface area (Å²) in [6.07, 6.45) is 5.78. The Hall–Kier alpha value is -2.37. The normalized spacial score (nSPS) is 15.3. The molecule has 3 rings (SSSR count). The summed E-state index contributed by atoms with van der Waals surface area (Å²) in [6, 6.07) is 9.96. The van der Waals surface area contributed by atoms with Crippen molar-refractivity contribution in [2.24, 2.45) is 0 Å². The van der Waals surface area contributed by atoms with Crippen LogP contribution in [0.5, 0.6) is 0 Å². The van der Waals surface area contributed by atoms with Crippen LogP contribution in [-0.2, 0) is 6.54 Å². The largest absolute Gasteiger partial charge is 0.337 e. The number of benzene rings is 1. The van der Waals surface area contributed by atoms with E-state index in [4.69, 9.17) is 4.52 Å². The summed E-state index contributed by atoms with van der Waals surface area (Å²) < 4.78 is 5.36. The molecule has 1 N–H and O–H groups in total. The van der Waals surface area contributed by atoms with E-state index in [1.807, 2.05) is 44.2 Å². The van der Waals surface area contributed by atoms with Crippen molar-refractivity contribution in [3.8, 4) is 11.4 Å². The van der Waals surface area contributed by atoms with Gasteiger partial charge in [0, 0.05) is 17.6 Å². The van der Waals surface area contributed by atoms with E-state index in [0.29, 0.717) is 18.3 Å². The zero-order valence-corrected chi connectivity index (χ0v) is 14.9. The van der Waals surface area contributed by atoms with E-state index < -0.39 is 0 Å². The van der Waals surface area contributed by atoms with Crippen molar-refractivity contribution in [1.29, 1.82) is 0 Å². The monoisotopic (exact) mass is 342 g/mol. The number of urea groups is 1. The quantitative estimate of drug-likeness (QED) is 0.892. The number of aromatic nitrogens is 2. The van der Waals surface area contributed by atoms with E-state index in [9.17, 15) is 4.79 Å². The molecule has 134 valence electrons. The average Bonchev–Trinajstić information content (AvgIpc) is 3.10. The summed E-state index contributed by atoms with van der Waals surface area (Å²) >= 11 is 0. The summed E-state index contributed by atoms with van der Waals surface area (Å²) in [6.45, 7) is 4.31. The molecule has 0 radical (unpaired) electrons. The van der Waals surface area contributed by atoms with Crippen LogP contribution in [0.25, 0.3) is 11.4 Å². The molecule has 1 heterocycles. The number of rotatable bonds is 5. The molecule has 0 aliphatic heterocycles. The lowest BCUT2D eigenvalue weighted by Crippen LogP contribution is -2.47. The third-order valence-corrected chi connectivity index (χ3v) is 4.62. The highest BCUT2D eigenvalue weighted by molar-refractivity contribution is 5.74. The third-order valence-electron chi connectivity index (χ3n) is 4.62. The Kier molecular flexibility index (Phi) is 5.68. The maximum atomic E-state index is 12.7. The van der Waals surface area contributed by atoms with Crippen LogP contribution in [-0.4, -0.2) is 33.2 Å². The zero-order chi connectivity index (χ0) is 17.6. The Bertz CT molecular complexity index is 678. The molecule has 1 aliphatic rings. The van der Waals surface area contributed by atoms with Crippen molar-refractivity contribution in [3.63, 3.8) is 0 Å².